The van der Waals surface area contributed by atoms with Crippen LogP contribution in [0.1, 0.15) is 48.3 Å². The first-order valence-electron chi connectivity index (χ1n) is 10.1. The number of amides is 1. The Bertz CT molecular complexity index is 1000. The molecule has 1 aromatic heterocycles. The van der Waals surface area contributed by atoms with Crippen LogP contribution in [-0.4, -0.2) is 45.4 Å². The van der Waals surface area contributed by atoms with E-state index in [1.165, 1.54) is 13.1 Å². The van der Waals surface area contributed by atoms with Gasteiger partial charge in [-0.05, 0) is 30.5 Å². The Morgan fingerprint density at radius 1 is 1.41 bits per heavy atom. The van der Waals surface area contributed by atoms with Crippen LogP contribution in [0.3, 0.4) is 0 Å². The standard InChI is InChI=1S/C20H23ClF3N5O2.ClH/c1-10-5-16(30)29(7-10)8-14-17-11(3-4-25-14)12(21)6-13(22)19(17)31-9-15-18(20(23)24)28(2)27-26-15;/h6,10,14,20,25H,3-5,7-9H2,1-2H3;1H/t10-,14-;/m1./s1. The third-order valence-electron chi connectivity index (χ3n) is 5.76. The lowest BCUT2D eigenvalue weighted by Crippen LogP contribution is -2.40. The van der Waals surface area contributed by atoms with Crippen molar-refractivity contribution in [3.63, 3.8) is 0 Å². The minimum atomic E-state index is -2.79. The van der Waals surface area contributed by atoms with Crippen molar-refractivity contribution in [2.24, 2.45) is 13.0 Å². The van der Waals surface area contributed by atoms with E-state index in [2.05, 4.69) is 15.6 Å². The van der Waals surface area contributed by atoms with E-state index in [4.69, 9.17) is 16.3 Å². The molecular weight excluding hydrogens is 470 g/mol. The van der Waals surface area contributed by atoms with E-state index < -0.39 is 18.3 Å². The third-order valence-corrected chi connectivity index (χ3v) is 6.09. The minimum absolute atomic E-state index is 0. The number of nitrogens with one attached hydrogen (secondary N) is 1. The largest absolute Gasteiger partial charge is 0.484 e. The number of aromatic nitrogens is 3. The molecule has 0 bridgehead atoms. The Hall–Kier alpha value is -2.04. The first-order valence-corrected chi connectivity index (χ1v) is 10.4. The van der Waals surface area contributed by atoms with Gasteiger partial charge >= 0.3 is 0 Å². The Balaban J connectivity index is 0.00000289. The molecule has 1 N–H and O–H groups in total. The molecule has 2 atom stereocenters. The highest BCUT2D eigenvalue weighted by molar-refractivity contribution is 6.31. The summed E-state index contributed by atoms with van der Waals surface area (Å²) in [5, 5.41) is 10.9. The first kappa shape index (κ1) is 24.6. The second kappa shape index (κ2) is 9.84. The van der Waals surface area contributed by atoms with Gasteiger partial charge in [0.2, 0.25) is 5.91 Å². The van der Waals surface area contributed by atoms with Crippen molar-refractivity contribution >= 4 is 29.9 Å². The summed E-state index contributed by atoms with van der Waals surface area (Å²) >= 11 is 6.31. The summed E-state index contributed by atoms with van der Waals surface area (Å²) in [6, 6.07) is 0.781. The van der Waals surface area contributed by atoms with Gasteiger partial charge in [-0.25, -0.2) is 17.9 Å². The van der Waals surface area contributed by atoms with Gasteiger partial charge in [-0.3, -0.25) is 4.79 Å². The third kappa shape index (κ3) is 4.67. The number of aryl methyl sites for hydroxylation is 1. The fourth-order valence-electron chi connectivity index (χ4n) is 4.34. The number of hydrogen-bond donors (Lipinski definition) is 1. The smallest absolute Gasteiger partial charge is 0.282 e. The number of benzene rings is 1. The monoisotopic (exact) mass is 493 g/mol. The zero-order valence-corrected chi connectivity index (χ0v) is 19.1. The number of halogens is 5. The van der Waals surface area contributed by atoms with Crippen LogP contribution in [0.2, 0.25) is 5.02 Å². The molecule has 32 heavy (non-hydrogen) atoms. The highest BCUT2D eigenvalue weighted by Crippen LogP contribution is 2.40. The molecule has 0 aliphatic carbocycles. The molecule has 1 aromatic carbocycles. The van der Waals surface area contributed by atoms with Crippen LogP contribution >= 0.6 is 24.0 Å². The lowest BCUT2D eigenvalue weighted by molar-refractivity contribution is -0.128. The molecular formula is C20H24Cl2F3N5O2. The SMILES string of the molecule is C[C@@H]1CC(=O)N(C[C@H]2NCCc3c(Cl)cc(F)c(OCc4nnn(C)c4C(F)F)c32)C1.Cl. The van der Waals surface area contributed by atoms with Gasteiger partial charge in [0, 0.05) is 37.1 Å². The zero-order chi connectivity index (χ0) is 22.3. The number of likely N-dealkylation sites (tertiary alicyclic amines) is 1. The van der Waals surface area contributed by atoms with Gasteiger partial charge < -0.3 is 15.0 Å². The highest BCUT2D eigenvalue weighted by Gasteiger charge is 2.34. The number of nitrogens with zero attached hydrogens (tertiary/aromatic N) is 4. The van der Waals surface area contributed by atoms with Crippen molar-refractivity contribution in [1.82, 2.24) is 25.2 Å². The van der Waals surface area contributed by atoms with Crippen LogP contribution in [0.5, 0.6) is 5.75 Å². The Labute approximate surface area is 194 Å². The molecule has 176 valence electrons. The Morgan fingerprint density at radius 3 is 2.81 bits per heavy atom. The summed E-state index contributed by atoms with van der Waals surface area (Å²) in [7, 11) is 1.36. The van der Waals surface area contributed by atoms with Gasteiger partial charge in [0.15, 0.2) is 11.6 Å². The maximum atomic E-state index is 14.9. The summed E-state index contributed by atoms with van der Waals surface area (Å²) in [6.07, 6.45) is -1.75. The fourth-order valence-corrected chi connectivity index (χ4v) is 4.63. The van der Waals surface area contributed by atoms with Crippen molar-refractivity contribution in [2.45, 2.75) is 38.8 Å². The van der Waals surface area contributed by atoms with Crippen molar-refractivity contribution in [2.75, 3.05) is 19.6 Å². The van der Waals surface area contributed by atoms with Gasteiger partial charge in [0.1, 0.15) is 18.0 Å². The quantitative estimate of drug-likeness (QED) is 0.665. The topological polar surface area (TPSA) is 72.3 Å². The molecule has 2 aromatic rings. The number of ether oxygens (including phenoxy) is 1. The van der Waals surface area contributed by atoms with E-state index in [0.717, 1.165) is 10.2 Å². The molecule has 0 radical (unpaired) electrons. The number of fused-ring (bicyclic) bond motifs is 1. The van der Waals surface area contributed by atoms with Gasteiger partial charge in [-0.1, -0.05) is 23.7 Å². The zero-order valence-electron chi connectivity index (χ0n) is 17.6. The van der Waals surface area contributed by atoms with Gasteiger partial charge in [0.05, 0.1) is 6.04 Å². The van der Waals surface area contributed by atoms with Crippen LogP contribution < -0.4 is 10.1 Å². The number of alkyl halides is 2. The predicted octanol–water partition coefficient (Wildman–Crippen LogP) is 3.60. The lowest BCUT2D eigenvalue weighted by atomic mass is 9.92. The highest BCUT2D eigenvalue weighted by atomic mass is 35.5. The predicted molar refractivity (Wildman–Crippen MR) is 114 cm³/mol. The number of carbonyl (C=O) groups excluding carboxylic acids is 1. The molecule has 1 fully saturated rings. The normalized spacial score (nSPS) is 20.5. The second-order valence-corrected chi connectivity index (χ2v) is 8.47. The average Bonchev–Trinajstić information content (AvgIpc) is 3.23. The Morgan fingerprint density at radius 2 is 2.16 bits per heavy atom. The minimum Gasteiger partial charge on any atom is -0.484 e. The molecule has 3 heterocycles. The van der Waals surface area contributed by atoms with E-state index >= 15 is 0 Å². The van der Waals surface area contributed by atoms with E-state index in [9.17, 15) is 18.0 Å². The summed E-state index contributed by atoms with van der Waals surface area (Å²) in [6.45, 7) is 3.22. The number of carbonyl (C=O) groups is 1. The van der Waals surface area contributed by atoms with E-state index in [1.54, 1.807) is 4.90 Å². The molecule has 0 saturated carbocycles. The van der Waals surface area contributed by atoms with Crippen molar-refractivity contribution in [3.8, 4) is 5.75 Å². The molecule has 7 nitrogen and oxygen atoms in total. The average molecular weight is 494 g/mol. The number of rotatable bonds is 6. The molecule has 12 heteroatoms. The molecule has 1 amide bonds. The van der Waals surface area contributed by atoms with Crippen molar-refractivity contribution in [1.29, 1.82) is 0 Å². The second-order valence-electron chi connectivity index (χ2n) is 8.06. The maximum Gasteiger partial charge on any atom is 0.282 e. The molecule has 0 unspecified atom stereocenters. The van der Waals surface area contributed by atoms with Crippen LogP contribution in [0.25, 0.3) is 0 Å². The van der Waals surface area contributed by atoms with Crippen LogP contribution in [0.4, 0.5) is 13.2 Å². The summed E-state index contributed by atoms with van der Waals surface area (Å²) < 4.78 is 48.2. The van der Waals surface area contributed by atoms with Gasteiger partial charge in [-0.15, -0.1) is 17.5 Å². The fraction of sp³-hybridized carbons (Fsp3) is 0.550. The lowest BCUT2D eigenvalue weighted by Gasteiger charge is -2.32. The molecule has 2 aliphatic heterocycles. The van der Waals surface area contributed by atoms with Crippen LogP contribution in [-0.2, 0) is 24.9 Å². The maximum absolute atomic E-state index is 14.9. The first-order chi connectivity index (χ1) is 14.8. The molecule has 4 rings (SSSR count). The summed E-state index contributed by atoms with van der Waals surface area (Å²) in [4.78, 5) is 14.0. The van der Waals surface area contributed by atoms with Crippen LogP contribution in [0, 0.1) is 11.7 Å². The Kier molecular flexibility index (Phi) is 7.57. The van der Waals surface area contributed by atoms with Gasteiger partial charge in [-0.2, -0.15) is 0 Å². The van der Waals surface area contributed by atoms with E-state index in [0.29, 0.717) is 38.0 Å². The molecule has 2 aliphatic rings. The van der Waals surface area contributed by atoms with E-state index in [1.807, 2.05) is 6.92 Å². The van der Waals surface area contributed by atoms with Gasteiger partial charge in [0.25, 0.3) is 6.43 Å². The summed E-state index contributed by atoms with van der Waals surface area (Å²) in [5.74, 6) is -0.456. The van der Waals surface area contributed by atoms with E-state index in [-0.39, 0.29) is 53.0 Å². The molecule has 1 saturated heterocycles. The van der Waals surface area contributed by atoms with Crippen LogP contribution in [0.15, 0.2) is 6.07 Å². The van der Waals surface area contributed by atoms with Crippen molar-refractivity contribution in [3.05, 3.63) is 39.4 Å². The number of hydrogen-bond acceptors (Lipinski definition) is 5. The molecule has 0 spiro atoms. The van der Waals surface area contributed by atoms with Crippen molar-refractivity contribution < 1.29 is 22.7 Å². The summed E-state index contributed by atoms with van der Waals surface area (Å²) in [5.41, 5.74) is 0.805.